The molecule has 0 heterocycles. The lowest BCUT2D eigenvalue weighted by Crippen LogP contribution is -2.19. The van der Waals surface area contributed by atoms with Crippen molar-refractivity contribution < 1.29 is 24.9 Å². The van der Waals surface area contributed by atoms with Crippen LogP contribution in [0.1, 0.15) is 77.6 Å². The molecule has 0 aliphatic heterocycles. The van der Waals surface area contributed by atoms with Gasteiger partial charge >= 0.3 is 5.97 Å². The van der Waals surface area contributed by atoms with Gasteiger partial charge in [0.05, 0.1) is 12.2 Å². The fraction of sp³-hybridized carbons (Fsp3) is 0.800. The molecule has 5 heteroatoms. The Balaban J connectivity index is 2.39. The molecule has 0 spiro atoms. The summed E-state index contributed by atoms with van der Waals surface area (Å²) in [4.78, 5) is 22.6. The van der Waals surface area contributed by atoms with Crippen molar-refractivity contribution in [2.75, 3.05) is 0 Å². The molecule has 0 aromatic carbocycles. The van der Waals surface area contributed by atoms with E-state index < -0.39 is 18.2 Å². The van der Waals surface area contributed by atoms with E-state index in [-0.39, 0.29) is 30.5 Å². The Morgan fingerprint density at radius 2 is 1.92 bits per heavy atom. The molecule has 0 unspecified atom stereocenters. The summed E-state index contributed by atoms with van der Waals surface area (Å²) < 4.78 is 0. The van der Waals surface area contributed by atoms with Crippen LogP contribution in [-0.2, 0) is 9.59 Å². The maximum Gasteiger partial charge on any atom is 0.303 e. The predicted octanol–water partition coefficient (Wildman–Crippen LogP) is 3.48. The Labute approximate surface area is 151 Å². The number of carbonyl (C=O) groups is 2. The van der Waals surface area contributed by atoms with Crippen LogP contribution >= 0.6 is 0 Å². The minimum atomic E-state index is -0.767. The monoisotopic (exact) mass is 354 g/mol. The number of hydrogen-bond acceptors (Lipinski definition) is 4. The van der Waals surface area contributed by atoms with Crippen molar-refractivity contribution in [2.24, 2.45) is 11.8 Å². The molecule has 0 aromatic heterocycles. The number of carboxylic acid groups (broad SMARTS) is 1. The van der Waals surface area contributed by atoms with E-state index in [2.05, 4.69) is 6.92 Å². The molecule has 0 aromatic rings. The summed E-state index contributed by atoms with van der Waals surface area (Å²) in [6.07, 6.45) is 10.7. The SMILES string of the molecule is CCCCC[C@H](O)/C=C\[C@@H]1[C@H](O)CC(=O)[C@H]1CCCCCCC(=O)O. The maximum absolute atomic E-state index is 12.1. The molecule has 25 heavy (non-hydrogen) atoms. The normalized spacial score (nSPS) is 24.9. The molecular weight excluding hydrogens is 320 g/mol. The molecule has 0 saturated heterocycles. The molecular formula is C20H34O5. The zero-order valence-electron chi connectivity index (χ0n) is 15.4. The zero-order chi connectivity index (χ0) is 18.7. The standard InChI is InChI=1S/C20H34O5/c1-2-3-6-9-15(21)12-13-17-16(18(22)14-19(17)23)10-7-4-5-8-11-20(24)25/h12-13,15-17,19,21,23H,2-11,14H2,1H3,(H,24,25)/b13-12-/t15-,16-,17-,19+/m0/s1. The van der Waals surface area contributed by atoms with Crippen LogP contribution in [0.3, 0.4) is 0 Å². The van der Waals surface area contributed by atoms with E-state index >= 15 is 0 Å². The van der Waals surface area contributed by atoms with Crippen molar-refractivity contribution in [1.29, 1.82) is 0 Å². The summed E-state index contributed by atoms with van der Waals surface area (Å²) in [6, 6.07) is 0. The van der Waals surface area contributed by atoms with Crippen molar-refractivity contribution in [2.45, 2.75) is 89.8 Å². The number of aliphatic hydroxyl groups excluding tert-OH is 2. The first-order valence-corrected chi connectivity index (χ1v) is 9.74. The Morgan fingerprint density at radius 1 is 1.20 bits per heavy atom. The molecule has 1 aliphatic carbocycles. The Hall–Kier alpha value is -1.20. The van der Waals surface area contributed by atoms with Crippen molar-refractivity contribution >= 4 is 11.8 Å². The largest absolute Gasteiger partial charge is 0.481 e. The number of unbranched alkanes of at least 4 members (excludes halogenated alkanes) is 5. The molecule has 1 rings (SSSR count). The van der Waals surface area contributed by atoms with E-state index in [0.717, 1.165) is 51.4 Å². The highest BCUT2D eigenvalue weighted by atomic mass is 16.4. The number of rotatable bonds is 13. The molecule has 1 fully saturated rings. The molecule has 4 atom stereocenters. The topological polar surface area (TPSA) is 94.8 Å². The van der Waals surface area contributed by atoms with Gasteiger partial charge in [0.25, 0.3) is 0 Å². The second-order valence-electron chi connectivity index (χ2n) is 7.22. The van der Waals surface area contributed by atoms with Gasteiger partial charge in [-0.3, -0.25) is 9.59 Å². The number of aliphatic carboxylic acids is 1. The molecule has 3 N–H and O–H groups in total. The van der Waals surface area contributed by atoms with Gasteiger partial charge in [0.2, 0.25) is 0 Å². The smallest absolute Gasteiger partial charge is 0.303 e. The number of carbonyl (C=O) groups excluding carboxylic acids is 1. The fourth-order valence-corrected chi connectivity index (χ4v) is 3.54. The van der Waals surface area contributed by atoms with Crippen LogP contribution in [0.25, 0.3) is 0 Å². The van der Waals surface area contributed by atoms with Crippen molar-refractivity contribution in [3.63, 3.8) is 0 Å². The third-order valence-electron chi connectivity index (χ3n) is 5.05. The Kier molecular flexibility index (Phi) is 10.7. The molecule has 0 bridgehead atoms. The third-order valence-corrected chi connectivity index (χ3v) is 5.05. The lowest BCUT2D eigenvalue weighted by atomic mass is 9.88. The third kappa shape index (κ3) is 8.63. The summed E-state index contributed by atoms with van der Waals surface area (Å²) in [5.41, 5.74) is 0. The number of ketones is 1. The first kappa shape index (κ1) is 21.8. The highest BCUT2D eigenvalue weighted by Gasteiger charge is 2.39. The maximum atomic E-state index is 12.1. The average Bonchev–Trinajstić information content (AvgIpc) is 2.82. The second-order valence-corrected chi connectivity index (χ2v) is 7.22. The van der Waals surface area contributed by atoms with E-state index in [1.807, 2.05) is 6.08 Å². The van der Waals surface area contributed by atoms with Gasteiger partial charge < -0.3 is 15.3 Å². The van der Waals surface area contributed by atoms with E-state index in [4.69, 9.17) is 5.11 Å². The Bertz CT molecular complexity index is 432. The van der Waals surface area contributed by atoms with E-state index in [9.17, 15) is 19.8 Å². The Morgan fingerprint density at radius 3 is 2.60 bits per heavy atom. The zero-order valence-corrected chi connectivity index (χ0v) is 15.4. The van der Waals surface area contributed by atoms with Crippen molar-refractivity contribution in [3.05, 3.63) is 12.2 Å². The van der Waals surface area contributed by atoms with Crippen molar-refractivity contribution in [1.82, 2.24) is 0 Å². The highest BCUT2D eigenvalue weighted by Crippen LogP contribution is 2.34. The minimum absolute atomic E-state index is 0.105. The van der Waals surface area contributed by atoms with Gasteiger partial charge in [-0.15, -0.1) is 0 Å². The average molecular weight is 354 g/mol. The van der Waals surface area contributed by atoms with Crippen molar-refractivity contribution in [3.8, 4) is 0 Å². The van der Waals surface area contributed by atoms with E-state index in [1.165, 1.54) is 0 Å². The quantitative estimate of drug-likeness (QED) is 0.348. The molecule has 1 aliphatic rings. The molecule has 144 valence electrons. The van der Waals surface area contributed by atoms with Gasteiger partial charge in [0, 0.05) is 24.7 Å². The van der Waals surface area contributed by atoms with Gasteiger partial charge in [-0.2, -0.15) is 0 Å². The molecule has 0 radical (unpaired) electrons. The number of carboxylic acids is 1. The summed E-state index contributed by atoms with van der Waals surface area (Å²) in [5.74, 6) is -1.04. The van der Waals surface area contributed by atoms with Crippen LogP contribution in [0, 0.1) is 11.8 Å². The number of Topliss-reactive ketones (excluding diaryl/α,β-unsaturated/α-hetero) is 1. The lowest BCUT2D eigenvalue weighted by Gasteiger charge is -2.18. The van der Waals surface area contributed by atoms with Crippen LogP contribution in [0.5, 0.6) is 0 Å². The summed E-state index contributed by atoms with van der Waals surface area (Å²) in [5, 5.41) is 28.7. The molecule has 1 saturated carbocycles. The van der Waals surface area contributed by atoms with Crippen LogP contribution in [0.4, 0.5) is 0 Å². The lowest BCUT2D eigenvalue weighted by molar-refractivity contribution is -0.137. The first-order chi connectivity index (χ1) is 12.0. The van der Waals surface area contributed by atoms with Crippen LogP contribution in [0.15, 0.2) is 12.2 Å². The van der Waals surface area contributed by atoms with Crippen LogP contribution in [0.2, 0.25) is 0 Å². The number of hydrogen-bond donors (Lipinski definition) is 3. The van der Waals surface area contributed by atoms with Crippen LogP contribution in [-0.4, -0.2) is 39.3 Å². The van der Waals surface area contributed by atoms with Gasteiger partial charge in [-0.05, 0) is 19.3 Å². The van der Waals surface area contributed by atoms with E-state index in [1.54, 1.807) is 6.08 Å². The van der Waals surface area contributed by atoms with Crippen LogP contribution < -0.4 is 0 Å². The van der Waals surface area contributed by atoms with E-state index in [0.29, 0.717) is 6.42 Å². The highest BCUT2D eigenvalue weighted by molar-refractivity contribution is 5.84. The molecule has 0 amide bonds. The summed E-state index contributed by atoms with van der Waals surface area (Å²) in [7, 11) is 0. The summed E-state index contributed by atoms with van der Waals surface area (Å²) in [6.45, 7) is 2.12. The van der Waals surface area contributed by atoms with Gasteiger partial charge in [0.15, 0.2) is 0 Å². The number of aliphatic hydroxyl groups is 2. The second kappa shape index (κ2) is 12.2. The minimum Gasteiger partial charge on any atom is -0.481 e. The predicted molar refractivity (Wildman–Crippen MR) is 97.2 cm³/mol. The van der Waals surface area contributed by atoms with Gasteiger partial charge in [0.1, 0.15) is 5.78 Å². The first-order valence-electron chi connectivity index (χ1n) is 9.74. The molecule has 5 nitrogen and oxygen atoms in total. The fourth-order valence-electron chi connectivity index (χ4n) is 3.54. The van der Waals surface area contributed by atoms with Gasteiger partial charge in [-0.1, -0.05) is 57.6 Å². The summed E-state index contributed by atoms with van der Waals surface area (Å²) >= 11 is 0. The van der Waals surface area contributed by atoms with Gasteiger partial charge in [-0.25, -0.2) is 0 Å².